The summed E-state index contributed by atoms with van der Waals surface area (Å²) in [5.41, 5.74) is 0. The summed E-state index contributed by atoms with van der Waals surface area (Å²) in [7, 11) is 0. The molecule has 2 rings (SSSR count). The minimum absolute atomic E-state index is 0.422. The summed E-state index contributed by atoms with van der Waals surface area (Å²) in [6.45, 7) is 8.87. The Bertz CT molecular complexity index is 307. The van der Waals surface area contributed by atoms with Gasteiger partial charge in [-0.05, 0) is 62.2 Å². The van der Waals surface area contributed by atoms with Crippen molar-refractivity contribution in [3.8, 4) is 0 Å². The van der Waals surface area contributed by atoms with Gasteiger partial charge < -0.3 is 0 Å². The van der Waals surface area contributed by atoms with Gasteiger partial charge in [0.15, 0.2) is 0 Å². The molecule has 0 heterocycles. The van der Waals surface area contributed by atoms with Crippen LogP contribution in [0.1, 0.15) is 72.6 Å². The molecule has 2 saturated carbocycles. The van der Waals surface area contributed by atoms with Crippen LogP contribution < -0.4 is 0 Å². The highest BCUT2D eigenvalue weighted by molar-refractivity contribution is 5.79. The summed E-state index contributed by atoms with van der Waals surface area (Å²) < 4.78 is 0. The minimum atomic E-state index is 0.422. The zero-order chi connectivity index (χ0) is 14.0. The van der Waals surface area contributed by atoms with Crippen LogP contribution in [0.2, 0.25) is 0 Å². The molecule has 2 aliphatic rings. The van der Waals surface area contributed by atoms with Gasteiger partial charge in [0.1, 0.15) is 5.78 Å². The second kappa shape index (κ2) is 6.41. The lowest BCUT2D eigenvalue weighted by Gasteiger charge is -2.31. The first kappa shape index (κ1) is 15.1. The van der Waals surface area contributed by atoms with Gasteiger partial charge in [0.2, 0.25) is 0 Å². The first-order valence-electron chi connectivity index (χ1n) is 8.49. The van der Waals surface area contributed by atoms with Gasteiger partial charge in [-0.15, -0.1) is 0 Å². The molecule has 0 spiro atoms. The van der Waals surface area contributed by atoms with Crippen molar-refractivity contribution in [1.82, 2.24) is 0 Å². The molecular weight excluding hydrogens is 232 g/mol. The maximum atomic E-state index is 11.9. The number of ketones is 1. The van der Waals surface area contributed by atoms with E-state index in [9.17, 15) is 4.79 Å². The van der Waals surface area contributed by atoms with Crippen LogP contribution >= 0.6 is 0 Å². The Hall–Kier alpha value is -0.330. The second-order valence-corrected chi connectivity index (χ2v) is 7.80. The molecular formula is C18H32O. The van der Waals surface area contributed by atoms with Gasteiger partial charge in [0, 0.05) is 5.92 Å². The molecule has 0 radical (unpaired) electrons. The van der Waals surface area contributed by atoms with Gasteiger partial charge in [-0.3, -0.25) is 4.79 Å². The van der Waals surface area contributed by atoms with E-state index in [2.05, 4.69) is 20.8 Å². The van der Waals surface area contributed by atoms with E-state index in [1.807, 2.05) is 6.92 Å². The number of hydrogen-bond donors (Lipinski definition) is 0. The van der Waals surface area contributed by atoms with E-state index in [1.165, 1.54) is 44.9 Å². The SMILES string of the molecule is CC(=O)[C@H]1[C@H]2CC[C@H](C2)[C@@H]1CC(C)CCCC(C)C. The van der Waals surface area contributed by atoms with E-state index in [-0.39, 0.29) is 0 Å². The fourth-order valence-electron chi connectivity index (χ4n) is 4.84. The zero-order valence-electron chi connectivity index (χ0n) is 13.3. The third-order valence-electron chi connectivity index (χ3n) is 5.71. The lowest BCUT2D eigenvalue weighted by atomic mass is 9.73. The predicted molar refractivity (Wildman–Crippen MR) is 81.0 cm³/mol. The molecule has 1 heteroatoms. The Morgan fingerprint density at radius 1 is 1.11 bits per heavy atom. The van der Waals surface area contributed by atoms with Gasteiger partial charge in [-0.1, -0.05) is 40.0 Å². The fourth-order valence-corrected chi connectivity index (χ4v) is 4.84. The van der Waals surface area contributed by atoms with Crippen molar-refractivity contribution in [2.75, 3.05) is 0 Å². The highest BCUT2D eigenvalue weighted by Crippen LogP contribution is 2.54. The van der Waals surface area contributed by atoms with Crippen LogP contribution in [0.3, 0.4) is 0 Å². The number of carbonyl (C=O) groups excluding carboxylic acids is 1. The average Bonchev–Trinajstić information content (AvgIpc) is 2.88. The van der Waals surface area contributed by atoms with Crippen LogP contribution in [0.25, 0.3) is 0 Å². The molecule has 1 nitrogen and oxygen atoms in total. The smallest absolute Gasteiger partial charge is 0.133 e. The predicted octanol–water partition coefficient (Wildman–Crippen LogP) is 5.09. The summed E-state index contributed by atoms with van der Waals surface area (Å²) in [6.07, 6.45) is 9.47. The standard InChI is InChI=1S/C18H32O/c1-12(2)6-5-7-13(3)10-17-15-8-9-16(11-15)18(17)14(4)19/h12-13,15-18H,5-11H2,1-4H3/t13?,15-,16+,17+,18+/m1/s1. The molecule has 2 aliphatic carbocycles. The van der Waals surface area contributed by atoms with Crippen molar-refractivity contribution >= 4 is 5.78 Å². The van der Waals surface area contributed by atoms with Crippen LogP contribution in [-0.2, 0) is 4.79 Å². The molecule has 0 aromatic rings. The molecule has 0 amide bonds. The second-order valence-electron chi connectivity index (χ2n) is 7.80. The maximum Gasteiger partial charge on any atom is 0.133 e. The summed E-state index contributed by atoms with van der Waals surface area (Å²) in [6, 6.07) is 0. The molecule has 0 saturated heterocycles. The van der Waals surface area contributed by atoms with E-state index in [0.717, 1.165) is 29.6 Å². The Morgan fingerprint density at radius 3 is 2.42 bits per heavy atom. The van der Waals surface area contributed by atoms with Crippen molar-refractivity contribution in [1.29, 1.82) is 0 Å². The van der Waals surface area contributed by atoms with Crippen molar-refractivity contribution in [2.24, 2.45) is 35.5 Å². The third kappa shape index (κ3) is 3.61. The van der Waals surface area contributed by atoms with Gasteiger partial charge in [-0.2, -0.15) is 0 Å². The highest BCUT2D eigenvalue weighted by atomic mass is 16.1. The minimum Gasteiger partial charge on any atom is -0.300 e. The maximum absolute atomic E-state index is 11.9. The number of rotatable bonds is 7. The first-order valence-corrected chi connectivity index (χ1v) is 8.49. The molecule has 0 N–H and O–H groups in total. The molecule has 2 bridgehead atoms. The number of Topliss-reactive ketones (excluding diaryl/α,β-unsaturated/α-hetero) is 1. The Morgan fingerprint density at radius 2 is 1.79 bits per heavy atom. The van der Waals surface area contributed by atoms with Crippen LogP contribution in [0.5, 0.6) is 0 Å². The van der Waals surface area contributed by atoms with Crippen LogP contribution in [0.4, 0.5) is 0 Å². The lowest BCUT2D eigenvalue weighted by Crippen LogP contribution is -2.29. The zero-order valence-corrected chi connectivity index (χ0v) is 13.3. The molecule has 5 atom stereocenters. The van der Waals surface area contributed by atoms with Gasteiger partial charge in [0.05, 0.1) is 0 Å². The molecule has 1 unspecified atom stereocenters. The number of carbonyl (C=O) groups is 1. The van der Waals surface area contributed by atoms with E-state index >= 15 is 0 Å². The van der Waals surface area contributed by atoms with Crippen molar-refractivity contribution in [3.63, 3.8) is 0 Å². The number of hydrogen-bond acceptors (Lipinski definition) is 1. The van der Waals surface area contributed by atoms with Crippen molar-refractivity contribution in [3.05, 3.63) is 0 Å². The lowest BCUT2D eigenvalue weighted by molar-refractivity contribution is -0.124. The van der Waals surface area contributed by atoms with Crippen LogP contribution in [-0.4, -0.2) is 5.78 Å². The molecule has 2 fully saturated rings. The average molecular weight is 264 g/mol. The monoisotopic (exact) mass is 264 g/mol. The Kier molecular flexibility index (Phi) is 5.09. The molecule has 0 aromatic heterocycles. The van der Waals surface area contributed by atoms with E-state index in [0.29, 0.717) is 11.7 Å². The van der Waals surface area contributed by atoms with E-state index in [4.69, 9.17) is 0 Å². The first-order chi connectivity index (χ1) is 8.99. The summed E-state index contributed by atoms with van der Waals surface area (Å²) in [5, 5.41) is 0. The molecule has 19 heavy (non-hydrogen) atoms. The van der Waals surface area contributed by atoms with Gasteiger partial charge in [-0.25, -0.2) is 0 Å². The topological polar surface area (TPSA) is 17.1 Å². The van der Waals surface area contributed by atoms with Gasteiger partial charge >= 0.3 is 0 Å². The quantitative estimate of drug-likeness (QED) is 0.626. The van der Waals surface area contributed by atoms with Crippen molar-refractivity contribution in [2.45, 2.75) is 72.6 Å². The summed E-state index contributed by atoms with van der Waals surface area (Å²) in [5.74, 6) is 4.90. The summed E-state index contributed by atoms with van der Waals surface area (Å²) in [4.78, 5) is 11.9. The van der Waals surface area contributed by atoms with E-state index in [1.54, 1.807) is 0 Å². The third-order valence-corrected chi connectivity index (χ3v) is 5.71. The normalized spacial score (nSPS) is 35.0. The molecule has 0 aromatic carbocycles. The van der Waals surface area contributed by atoms with Crippen LogP contribution in [0, 0.1) is 35.5 Å². The molecule has 110 valence electrons. The van der Waals surface area contributed by atoms with Crippen LogP contribution in [0.15, 0.2) is 0 Å². The summed E-state index contributed by atoms with van der Waals surface area (Å²) >= 11 is 0. The highest BCUT2D eigenvalue weighted by Gasteiger charge is 2.49. The van der Waals surface area contributed by atoms with Gasteiger partial charge in [0.25, 0.3) is 0 Å². The Balaban J connectivity index is 1.82. The molecule has 0 aliphatic heterocycles. The van der Waals surface area contributed by atoms with E-state index < -0.39 is 0 Å². The Labute approximate surface area is 119 Å². The number of fused-ring (bicyclic) bond motifs is 2. The fraction of sp³-hybridized carbons (Fsp3) is 0.944. The largest absolute Gasteiger partial charge is 0.300 e. The van der Waals surface area contributed by atoms with Crippen molar-refractivity contribution < 1.29 is 4.79 Å².